The van der Waals surface area contributed by atoms with E-state index in [1.54, 1.807) is 0 Å². The summed E-state index contributed by atoms with van der Waals surface area (Å²) >= 11 is 1.11. The summed E-state index contributed by atoms with van der Waals surface area (Å²) < 4.78 is 5.12. The number of H-pyrrole nitrogens is 1. The Morgan fingerprint density at radius 1 is 1.41 bits per heavy atom. The molecule has 1 amide bonds. The number of ether oxygens (including phenoxy) is 1. The Balaban J connectivity index is 1.68. The summed E-state index contributed by atoms with van der Waals surface area (Å²) in [6, 6.07) is 3.95. The molecule has 0 aliphatic heterocycles. The number of carbonyl (C=O) groups is 1. The molecule has 9 nitrogen and oxygen atoms in total. The molecule has 27 heavy (non-hydrogen) atoms. The molecule has 2 aromatic rings. The average Bonchev–Trinajstić information content (AvgIpc) is 2.66. The molecule has 10 heteroatoms. The third kappa shape index (κ3) is 4.45. The summed E-state index contributed by atoms with van der Waals surface area (Å²) in [7, 11) is 1.41. The molecule has 2 N–H and O–H groups in total. The van der Waals surface area contributed by atoms with Gasteiger partial charge >= 0.3 is 0 Å². The number of nitrogens with one attached hydrogen (secondary N) is 2. The molecule has 1 aromatic heterocycles. The van der Waals surface area contributed by atoms with Gasteiger partial charge in [0.1, 0.15) is 5.75 Å². The predicted molar refractivity (Wildman–Crippen MR) is 101 cm³/mol. The van der Waals surface area contributed by atoms with Crippen LogP contribution in [0, 0.1) is 10.1 Å². The number of aromatic nitrogens is 2. The van der Waals surface area contributed by atoms with Crippen LogP contribution in [0.15, 0.2) is 28.2 Å². The fraction of sp³-hybridized carbons (Fsp3) is 0.353. The minimum atomic E-state index is -0.550. The monoisotopic (exact) mass is 390 g/mol. The molecule has 1 aromatic carbocycles. The van der Waals surface area contributed by atoms with Gasteiger partial charge in [-0.15, -0.1) is 0 Å². The van der Waals surface area contributed by atoms with Crippen LogP contribution in [-0.4, -0.2) is 33.7 Å². The van der Waals surface area contributed by atoms with E-state index in [-0.39, 0.29) is 28.6 Å². The van der Waals surface area contributed by atoms with E-state index >= 15 is 0 Å². The SMILES string of the molecule is COc1ccc([N+](=O)[O-])cc1NC(=O)CSc1nc2c(c(=O)[nH]1)CCCC2. The number of benzene rings is 1. The Bertz CT molecular complexity index is 943. The minimum Gasteiger partial charge on any atom is -0.495 e. The maximum Gasteiger partial charge on any atom is 0.271 e. The van der Waals surface area contributed by atoms with Crippen molar-refractivity contribution in [1.29, 1.82) is 0 Å². The molecule has 0 spiro atoms. The summed E-state index contributed by atoms with van der Waals surface area (Å²) in [5, 5.41) is 13.9. The van der Waals surface area contributed by atoms with Gasteiger partial charge in [0.15, 0.2) is 5.16 Å². The minimum absolute atomic E-state index is 0.00638. The van der Waals surface area contributed by atoms with Gasteiger partial charge in [-0.3, -0.25) is 19.7 Å². The van der Waals surface area contributed by atoms with E-state index in [4.69, 9.17) is 4.74 Å². The van der Waals surface area contributed by atoms with Gasteiger partial charge in [0.2, 0.25) is 5.91 Å². The normalized spacial score (nSPS) is 12.9. The highest BCUT2D eigenvalue weighted by atomic mass is 32.2. The number of fused-ring (bicyclic) bond motifs is 1. The second-order valence-corrected chi connectivity index (χ2v) is 6.95. The Morgan fingerprint density at radius 2 is 2.19 bits per heavy atom. The number of aromatic amines is 1. The first-order chi connectivity index (χ1) is 13.0. The van der Waals surface area contributed by atoms with Crippen molar-refractivity contribution in [3.63, 3.8) is 0 Å². The molecule has 0 atom stereocenters. The first kappa shape index (κ1) is 18.9. The van der Waals surface area contributed by atoms with Gasteiger partial charge in [0, 0.05) is 17.7 Å². The number of amides is 1. The number of hydrogen-bond acceptors (Lipinski definition) is 7. The van der Waals surface area contributed by atoms with Crippen LogP contribution in [-0.2, 0) is 17.6 Å². The van der Waals surface area contributed by atoms with Crippen LogP contribution in [0.1, 0.15) is 24.1 Å². The van der Waals surface area contributed by atoms with Crippen molar-refractivity contribution in [3.05, 3.63) is 49.9 Å². The quantitative estimate of drug-likeness (QED) is 0.335. The lowest BCUT2D eigenvalue weighted by Crippen LogP contribution is -2.22. The van der Waals surface area contributed by atoms with Gasteiger partial charge in [-0.05, 0) is 31.7 Å². The fourth-order valence-corrected chi connectivity index (χ4v) is 3.56. The van der Waals surface area contributed by atoms with Gasteiger partial charge < -0.3 is 15.0 Å². The summed E-state index contributed by atoms with van der Waals surface area (Å²) in [6.07, 6.45) is 3.48. The zero-order chi connectivity index (χ0) is 19.4. The van der Waals surface area contributed by atoms with Crippen molar-refractivity contribution in [2.75, 3.05) is 18.2 Å². The second-order valence-electron chi connectivity index (χ2n) is 5.98. The zero-order valence-electron chi connectivity index (χ0n) is 14.6. The molecule has 0 bridgehead atoms. The fourth-order valence-electron chi connectivity index (χ4n) is 2.88. The van der Waals surface area contributed by atoms with E-state index in [1.165, 1.54) is 25.3 Å². The Hall–Kier alpha value is -2.88. The first-order valence-corrected chi connectivity index (χ1v) is 9.33. The summed E-state index contributed by atoms with van der Waals surface area (Å²) in [6.45, 7) is 0. The van der Waals surface area contributed by atoms with Gasteiger partial charge in [-0.1, -0.05) is 11.8 Å². The number of thioether (sulfide) groups is 1. The molecule has 142 valence electrons. The second kappa shape index (κ2) is 8.21. The summed E-state index contributed by atoms with van der Waals surface area (Å²) in [5.74, 6) is -0.0773. The third-order valence-electron chi connectivity index (χ3n) is 4.18. The number of carbonyl (C=O) groups excluding carboxylic acids is 1. The van der Waals surface area contributed by atoms with E-state index in [9.17, 15) is 19.7 Å². The van der Waals surface area contributed by atoms with Gasteiger partial charge in [0.25, 0.3) is 11.2 Å². The molecular weight excluding hydrogens is 372 g/mol. The van der Waals surface area contributed by atoms with Gasteiger partial charge in [-0.25, -0.2) is 4.98 Å². The van der Waals surface area contributed by atoms with Gasteiger partial charge in [-0.2, -0.15) is 0 Å². The third-order valence-corrected chi connectivity index (χ3v) is 5.05. The van der Waals surface area contributed by atoms with Crippen molar-refractivity contribution in [1.82, 2.24) is 9.97 Å². The lowest BCUT2D eigenvalue weighted by atomic mass is 9.97. The molecule has 0 radical (unpaired) electrons. The van der Waals surface area contributed by atoms with Crippen molar-refractivity contribution in [2.45, 2.75) is 30.8 Å². The van der Waals surface area contributed by atoms with Gasteiger partial charge in [0.05, 0.1) is 29.2 Å². The number of non-ortho nitro benzene ring substituents is 1. The smallest absolute Gasteiger partial charge is 0.271 e. The first-order valence-electron chi connectivity index (χ1n) is 8.35. The molecular formula is C17H18N4O5S. The van der Waals surface area contributed by atoms with Crippen LogP contribution in [0.3, 0.4) is 0 Å². The average molecular weight is 390 g/mol. The number of nitro benzene ring substituents is 1. The topological polar surface area (TPSA) is 127 Å². The Morgan fingerprint density at radius 3 is 2.93 bits per heavy atom. The van der Waals surface area contributed by atoms with E-state index in [1.807, 2.05) is 0 Å². The summed E-state index contributed by atoms with van der Waals surface area (Å²) in [5.41, 5.74) is 1.44. The highest BCUT2D eigenvalue weighted by molar-refractivity contribution is 7.99. The number of hydrogen-bond donors (Lipinski definition) is 2. The van der Waals surface area contributed by atoms with E-state index in [2.05, 4.69) is 15.3 Å². The van der Waals surface area contributed by atoms with Crippen LogP contribution < -0.4 is 15.6 Å². The molecule has 0 saturated heterocycles. The number of rotatable bonds is 6. The van der Waals surface area contributed by atoms with Crippen LogP contribution in [0.5, 0.6) is 5.75 Å². The number of anilines is 1. The highest BCUT2D eigenvalue weighted by Crippen LogP contribution is 2.29. The summed E-state index contributed by atoms with van der Waals surface area (Å²) in [4.78, 5) is 41.8. The number of nitrogens with zero attached hydrogens (tertiary/aromatic N) is 2. The number of nitro groups is 1. The molecule has 1 heterocycles. The molecule has 1 aliphatic rings. The van der Waals surface area contributed by atoms with E-state index in [0.717, 1.165) is 48.7 Å². The molecule has 0 fully saturated rings. The van der Waals surface area contributed by atoms with Crippen molar-refractivity contribution in [3.8, 4) is 5.75 Å². The van der Waals surface area contributed by atoms with E-state index in [0.29, 0.717) is 10.9 Å². The molecule has 0 saturated carbocycles. The zero-order valence-corrected chi connectivity index (χ0v) is 15.4. The maximum atomic E-state index is 12.2. The van der Waals surface area contributed by atoms with Crippen LogP contribution in [0.25, 0.3) is 0 Å². The Kier molecular flexibility index (Phi) is 5.75. The highest BCUT2D eigenvalue weighted by Gasteiger charge is 2.17. The lowest BCUT2D eigenvalue weighted by Gasteiger charge is -2.14. The van der Waals surface area contributed by atoms with Crippen molar-refractivity contribution < 1.29 is 14.5 Å². The van der Waals surface area contributed by atoms with Crippen LogP contribution >= 0.6 is 11.8 Å². The lowest BCUT2D eigenvalue weighted by molar-refractivity contribution is -0.384. The number of methoxy groups -OCH3 is 1. The van der Waals surface area contributed by atoms with E-state index < -0.39 is 4.92 Å². The largest absolute Gasteiger partial charge is 0.495 e. The van der Waals surface area contributed by atoms with Crippen molar-refractivity contribution in [2.24, 2.45) is 0 Å². The van der Waals surface area contributed by atoms with Crippen LogP contribution in [0.2, 0.25) is 0 Å². The molecule has 1 aliphatic carbocycles. The molecule has 3 rings (SSSR count). The maximum absolute atomic E-state index is 12.2. The molecule has 0 unspecified atom stereocenters. The van der Waals surface area contributed by atoms with Crippen molar-refractivity contribution >= 4 is 29.0 Å². The Labute approximate surface area is 158 Å². The standard InChI is InChI=1S/C17H18N4O5S/c1-26-14-7-6-10(21(24)25)8-13(14)18-15(22)9-27-17-19-12-5-3-2-4-11(12)16(23)20-17/h6-8H,2-5,9H2,1H3,(H,18,22)(H,19,20,23). The van der Waals surface area contributed by atoms with Crippen LogP contribution in [0.4, 0.5) is 11.4 Å². The number of aryl methyl sites for hydroxylation is 1. The predicted octanol–water partition coefficient (Wildman–Crippen LogP) is 2.30.